The van der Waals surface area contributed by atoms with Crippen LogP contribution in [0.15, 0.2) is 24.8 Å². The van der Waals surface area contributed by atoms with Gasteiger partial charge in [0.05, 0.1) is 0 Å². The molecule has 0 radical (unpaired) electrons. The van der Waals surface area contributed by atoms with E-state index in [0.29, 0.717) is 0 Å². The van der Waals surface area contributed by atoms with Crippen molar-refractivity contribution in [3.63, 3.8) is 0 Å². The number of aliphatic hydroxyl groups is 1. The van der Waals surface area contributed by atoms with Crippen molar-refractivity contribution >= 4 is 11.9 Å². The van der Waals surface area contributed by atoms with E-state index in [-0.39, 0.29) is 0 Å². The maximum Gasteiger partial charge on any atom is 0.333 e. The molecule has 0 aromatic rings. The summed E-state index contributed by atoms with van der Waals surface area (Å²) in [6.45, 7) is 6.15. The molecule has 0 saturated heterocycles. The fraction of sp³-hybridized carbons (Fsp3) is 0.400. The first-order chi connectivity index (χ1) is 7.01. The van der Waals surface area contributed by atoms with Crippen molar-refractivity contribution in [2.24, 2.45) is 0 Å². The Morgan fingerprint density at radius 1 is 1.33 bits per heavy atom. The summed E-state index contributed by atoms with van der Waals surface area (Å²) in [5.41, 5.74) is 0. The highest BCUT2D eigenvalue weighted by molar-refractivity contribution is 5.83. The molecule has 0 fully saturated rings. The van der Waals surface area contributed by atoms with Gasteiger partial charge < -0.3 is 14.6 Å². The standard InChI is InChI=1S/C10H14O5/c1-4-6-9(13)15-10(7(3)11)14-8(12)5-2/h4-7,10-11H,2H2,1,3H3. The Hall–Kier alpha value is -1.62. The van der Waals surface area contributed by atoms with E-state index in [9.17, 15) is 9.59 Å². The van der Waals surface area contributed by atoms with Crippen molar-refractivity contribution in [1.29, 1.82) is 0 Å². The molecule has 0 spiro atoms. The lowest BCUT2D eigenvalue weighted by Gasteiger charge is -2.18. The van der Waals surface area contributed by atoms with Crippen molar-refractivity contribution < 1.29 is 24.2 Å². The first kappa shape index (κ1) is 13.4. The smallest absolute Gasteiger partial charge is 0.333 e. The minimum atomic E-state index is -1.32. The van der Waals surface area contributed by atoms with E-state index < -0.39 is 24.3 Å². The fourth-order valence-electron chi connectivity index (χ4n) is 0.673. The lowest BCUT2D eigenvalue weighted by molar-refractivity contribution is -0.198. The predicted octanol–water partition coefficient (Wildman–Crippen LogP) is 0.542. The van der Waals surface area contributed by atoms with Gasteiger partial charge in [-0.3, -0.25) is 0 Å². The Morgan fingerprint density at radius 3 is 2.27 bits per heavy atom. The largest absolute Gasteiger partial charge is 0.419 e. The summed E-state index contributed by atoms with van der Waals surface area (Å²) >= 11 is 0. The number of allylic oxidation sites excluding steroid dienone is 1. The van der Waals surface area contributed by atoms with Gasteiger partial charge in [-0.25, -0.2) is 9.59 Å². The van der Waals surface area contributed by atoms with Crippen LogP contribution in [0.5, 0.6) is 0 Å². The molecule has 15 heavy (non-hydrogen) atoms. The Balaban J connectivity index is 4.34. The molecule has 1 N–H and O–H groups in total. The monoisotopic (exact) mass is 214 g/mol. The maximum atomic E-state index is 11.0. The maximum absolute atomic E-state index is 11.0. The van der Waals surface area contributed by atoms with Gasteiger partial charge in [0, 0.05) is 12.2 Å². The summed E-state index contributed by atoms with van der Waals surface area (Å²) in [4.78, 5) is 21.8. The van der Waals surface area contributed by atoms with E-state index in [4.69, 9.17) is 5.11 Å². The summed E-state index contributed by atoms with van der Waals surface area (Å²) in [5.74, 6) is -1.46. The topological polar surface area (TPSA) is 72.8 Å². The van der Waals surface area contributed by atoms with Crippen LogP contribution in [0.4, 0.5) is 0 Å². The van der Waals surface area contributed by atoms with Crippen LogP contribution in [0.3, 0.4) is 0 Å². The Kier molecular flexibility index (Phi) is 6.05. The third-order valence-electron chi connectivity index (χ3n) is 1.33. The van der Waals surface area contributed by atoms with Crippen LogP contribution in [0.25, 0.3) is 0 Å². The molecular weight excluding hydrogens is 200 g/mol. The Bertz CT molecular complexity index is 267. The molecule has 0 aliphatic rings. The molecule has 0 aromatic carbocycles. The first-order valence-corrected chi connectivity index (χ1v) is 4.35. The minimum absolute atomic E-state index is 0.694. The van der Waals surface area contributed by atoms with Crippen molar-refractivity contribution in [2.75, 3.05) is 0 Å². The second kappa shape index (κ2) is 6.78. The van der Waals surface area contributed by atoms with Gasteiger partial charge in [-0.2, -0.15) is 0 Å². The van der Waals surface area contributed by atoms with Crippen LogP contribution < -0.4 is 0 Å². The quantitative estimate of drug-likeness (QED) is 0.411. The summed E-state index contributed by atoms with van der Waals surface area (Å²) in [6.07, 6.45) is 1.11. The number of ether oxygens (including phenoxy) is 2. The number of hydrogen-bond acceptors (Lipinski definition) is 5. The molecule has 84 valence electrons. The summed E-state index contributed by atoms with van der Waals surface area (Å²) in [5, 5.41) is 9.16. The molecule has 0 aliphatic carbocycles. The molecule has 5 heteroatoms. The van der Waals surface area contributed by atoms with Gasteiger partial charge in [0.15, 0.2) is 0 Å². The molecule has 5 nitrogen and oxygen atoms in total. The van der Waals surface area contributed by atoms with Crippen LogP contribution in [-0.4, -0.2) is 29.4 Å². The molecule has 0 rings (SSSR count). The fourth-order valence-corrected chi connectivity index (χ4v) is 0.673. The van der Waals surface area contributed by atoms with Gasteiger partial charge in [0.2, 0.25) is 0 Å². The third-order valence-corrected chi connectivity index (χ3v) is 1.33. The zero-order chi connectivity index (χ0) is 11.8. The van der Waals surface area contributed by atoms with Gasteiger partial charge in [-0.1, -0.05) is 12.7 Å². The van der Waals surface area contributed by atoms with Crippen LogP contribution in [0.1, 0.15) is 13.8 Å². The van der Waals surface area contributed by atoms with E-state index in [1.54, 1.807) is 6.92 Å². The highest BCUT2D eigenvalue weighted by atomic mass is 16.7. The second-order valence-corrected chi connectivity index (χ2v) is 2.69. The summed E-state index contributed by atoms with van der Waals surface area (Å²) in [6, 6.07) is 0. The SMILES string of the molecule is C=CC(=O)OC(OC(=O)C=CC)C(C)O. The van der Waals surface area contributed by atoms with Crippen LogP contribution in [-0.2, 0) is 19.1 Å². The normalized spacial score (nSPS) is 14.3. The molecule has 2 atom stereocenters. The number of esters is 2. The third kappa shape index (κ3) is 5.64. The summed E-state index contributed by atoms with van der Waals surface area (Å²) < 4.78 is 9.25. The molecule has 2 unspecified atom stereocenters. The molecule has 0 bridgehead atoms. The van der Waals surface area contributed by atoms with Crippen molar-refractivity contribution in [2.45, 2.75) is 26.2 Å². The van der Waals surface area contributed by atoms with Gasteiger partial charge in [-0.05, 0) is 13.8 Å². The number of hydrogen-bond donors (Lipinski definition) is 1. The highest BCUT2D eigenvalue weighted by Gasteiger charge is 2.21. The van der Waals surface area contributed by atoms with E-state index in [1.807, 2.05) is 0 Å². The van der Waals surface area contributed by atoms with Crippen molar-refractivity contribution in [3.8, 4) is 0 Å². The lowest BCUT2D eigenvalue weighted by atomic mass is 10.4. The van der Waals surface area contributed by atoms with E-state index in [2.05, 4.69) is 16.1 Å². The van der Waals surface area contributed by atoms with E-state index in [0.717, 1.165) is 12.2 Å². The molecule has 0 aliphatic heterocycles. The number of carbonyl (C=O) groups is 2. The average Bonchev–Trinajstić information content (AvgIpc) is 2.16. The lowest BCUT2D eigenvalue weighted by Crippen LogP contribution is -2.33. The zero-order valence-electron chi connectivity index (χ0n) is 8.67. The molecule has 0 saturated carbocycles. The van der Waals surface area contributed by atoms with Crippen LogP contribution in [0, 0.1) is 0 Å². The number of aliphatic hydroxyl groups excluding tert-OH is 1. The first-order valence-electron chi connectivity index (χ1n) is 4.35. The molecular formula is C10H14O5. The number of carbonyl (C=O) groups excluding carboxylic acids is 2. The zero-order valence-corrected chi connectivity index (χ0v) is 8.67. The predicted molar refractivity (Wildman–Crippen MR) is 52.7 cm³/mol. The van der Waals surface area contributed by atoms with Crippen molar-refractivity contribution in [3.05, 3.63) is 24.8 Å². The molecule has 0 heterocycles. The van der Waals surface area contributed by atoms with Crippen LogP contribution in [0.2, 0.25) is 0 Å². The van der Waals surface area contributed by atoms with Crippen molar-refractivity contribution in [1.82, 2.24) is 0 Å². The van der Waals surface area contributed by atoms with Crippen LogP contribution >= 0.6 is 0 Å². The Labute approximate surface area is 88.0 Å². The molecule has 0 aromatic heterocycles. The van der Waals surface area contributed by atoms with E-state index >= 15 is 0 Å². The Morgan fingerprint density at radius 2 is 1.87 bits per heavy atom. The molecule has 0 amide bonds. The highest BCUT2D eigenvalue weighted by Crippen LogP contribution is 2.03. The average molecular weight is 214 g/mol. The van der Waals surface area contributed by atoms with E-state index in [1.165, 1.54) is 13.0 Å². The van der Waals surface area contributed by atoms with Gasteiger partial charge in [0.25, 0.3) is 6.29 Å². The van der Waals surface area contributed by atoms with Gasteiger partial charge in [-0.15, -0.1) is 0 Å². The second-order valence-electron chi connectivity index (χ2n) is 2.69. The number of rotatable bonds is 5. The van der Waals surface area contributed by atoms with Gasteiger partial charge >= 0.3 is 11.9 Å². The summed E-state index contributed by atoms with van der Waals surface area (Å²) in [7, 11) is 0. The minimum Gasteiger partial charge on any atom is -0.419 e. The van der Waals surface area contributed by atoms with Gasteiger partial charge in [0.1, 0.15) is 6.10 Å².